The maximum absolute atomic E-state index is 12.2. The third-order valence-corrected chi connectivity index (χ3v) is 4.96. The molecular formula is C17H19N3O2S. The number of primary amides is 1. The standard InChI is InChI=1S/C17H19N3O2S/c18-16(21)14-6-7-15(23-14)17(22)19-13-5-3-4-12(10-13)11-20-8-1-2-9-20/h3-7,10H,1-2,8-9,11H2,(H2,18,21)(H,19,22). The van der Waals surface area contributed by atoms with Crippen LogP contribution >= 0.6 is 11.3 Å². The highest BCUT2D eigenvalue weighted by Crippen LogP contribution is 2.20. The van der Waals surface area contributed by atoms with Gasteiger partial charge in [0.2, 0.25) is 0 Å². The number of nitrogens with zero attached hydrogens (tertiary/aromatic N) is 1. The Morgan fingerprint density at radius 3 is 2.57 bits per heavy atom. The Morgan fingerprint density at radius 1 is 1.13 bits per heavy atom. The van der Waals surface area contributed by atoms with Crippen LogP contribution in [0.3, 0.4) is 0 Å². The zero-order valence-electron chi connectivity index (χ0n) is 12.7. The molecule has 3 rings (SSSR count). The number of nitrogens with one attached hydrogen (secondary N) is 1. The number of likely N-dealkylation sites (tertiary alicyclic amines) is 1. The average Bonchev–Trinajstić information content (AvgIpc) is 3.18. The van der Waals surface area contributed by atoms with E-state index in [4.69, 9.17) is 5.73 Å². The monoisotopic (exact) mass is 329 g/mol. The Morgan fingerprint density at radius 2 is 1.87 bits per heavy atom. The minimum atomic E-state index is -0.512. The molecule has 0 saturated carbocycles. The molecular weight excluding hydrogens is 310 g/mol. The summed E-state index contributed by atoms with van der Waals surface area (Å²) in [5.41, 5.74) is 7.17. The van der Waals surface area contributed by atoms with Crippen LogP contribution in [0, 0.1) is 0 Å². The van der Waals surface area contributed by atoms with Gasteiger partial charge in [0.05, 0.1) is 9.75 Å². The van der Waals surface area contributed by atoms with Crippen LogP contribution in [-0.4, -0.2) is 29.8 Å². The molecule has 0 atom stereocenters. The first-order valence-corrected chi connectivity index (χ1v) is 8.46. The van der Waals surface area contributed by atoms with Gasteiger partial charge in [-0.3, -0.25) is 14.5 Å². The molecule has 1 fully saturated rings. The van der Waals surface area contributed by atoms with E-state index in [0.29, 0.717) is 9.75 Å². The molecule has 1 saturated heterocycles. The lowest BCUT2D eigenvalue weighted by Crippen LogP contribution is -2.18. The molecule has 0 aliphatic carbocycles. The van der Waals surface area contributed by atoms with Gasteiger partial charge in [0.25, 0.3) is 11.8 Å². The van der Waals surface area contributed by atoms with Crippen molar-refractivity contribution in [3.8, 4) is 0 Å². The smallest absolute Gasteiger partial charge is 0.265 e. The number of amides is 2. The van der Waals surface area contributed by atoms with Crippen molar-refractivity contribution in [2.45, 2.75) is 19.4 Å². The first kappa shape index (κ1) is 15.7. The Bertz CT molecular complexity index is 720. The number of hydrogen-bond acceptors (Lipinski definition) is 4. The van der Waals surface area contributed by atoms with E-state index in [0.717, 1.165) is 36.7 Å². The predicted octanol–water partition coefficient (Wildman–Crippen LogP) is 2.70. The third-order valence-electron chi connectivity index (χ3n) is 3.86. The summed E-state index contributed by atoms with van der Waals surface area (Å²) in [6.07, 6.45) is 2.52. The van der Waals surface area contributed by atoms with Gasteiger partial charge in [0, 0.05) is 12.2 Å². The molecule has 23 heavy (non-hydrogen) atoms. The molecule has 0 radical (unpaired) electrons. The van der Waals surface area contributed by atoms with E-state index in [9.17, 15) is 9.59 Å². The first-order chi connectivity index (χ1) is 11.1. The summed E-state index contributed by atoms with van der Waals surface area (Å²) in [5.74, 6) is -0.734. The molecule has 0 bridgehead atoms. The predicted molar refractivity (Wildman–Crippen MR) is 91.7 cm³/mol. The number of thiophene rings is 1. The number of carbonyl (C=O) groups excluding carboxylic acids is 2. The summed E-state index contributed by atoms with van der Waals surface area (Å²) >= 11 is 1.10. The molecule has 1 aromatic heterocycles. The van der Waals surface area contributed by atoms with Crippen molar-refractivity contribution in [2.24, 2.45) is 5.73 Å². The van der Waals surface area contributed by atoms with E-state index in [-0.39, 0.29) is 5.91 Å². The van der Waals surface area contributed by atoms with Crippen LogP contribution in [0.4, 0.5) is 5.69 Å². The maximum Gasteiger partial charge on any atom is 0.265 e. The number of hydrogen-bond donors (Lipinski definition) is 2. The molecule has 0 unspecified atom stereocenters. The Labute approximate surface area is 139 Å². The third kappa shape index (κ3) is 3.97. The zero-order chi connectivity index (χ0) is 16.2. The highest BCUT2D eigenvalue weighted by molar-refractivity contribution is 7.16. The molecule has 5 nitrogen and oxygen atoms in total. The topological polar surface area (TPSA) is 75.4 Å². The maximum atomic E-state index is 12.2. The molecule has 120 valence electrons. The van der Waals surface area contributed by atoms with Gasteiger partial charge in [-0.2, -0.15) is 0 Å². The van der Waals surface area contributed by atoms with Gasteiger partial charge in [-0.15, -0.1) is 11.3 Å². The van der Waals surface area contributed by atoms with Crippen molar-refractivity contribution >= 4 is 28.8 Å². The molecule has 0 spiro atoms. The van der Waals surface area contributed by atoms with Gasteiger partial charge < -0.3 is 11.1 Å². The minimum absolute atomic E-state index is 0.221. The van der Waals surface area contributed by atoms with Gasteiger partial charge in [0.1, 0.15) is 0 Å². The van der Waals surface area contributed by atoms with E-state index in [1.54, 1.807) is 12.1 Å². The van der Waals surface area contributed by atoms with E-state index in [1.165, 1.54) is 18.4 Å². The zero-order valence-corrected chi connectivity index (χ0v) is 13.6. The summed E-state index contributed by atoms with van der Waals surface area (Å²) in [7, 11) is 0. The Kier molecular flexibility index (Phi) is 4.73. The van der Waals surface area contributed by atoms with Crippen LogP contribution in [0.5, 0.6) is 0 Å². The normalized spacial score (nSPS) is 14.8. The molecule has 1 aliphatic heterocycles. The fourth-order valence-corrected chi connectivity index (χ4v) is 3.48. The van der Waals surface area contributed by atoms with Gasteiger partial charge in [-0.05, 0) is 55.8 Å². The number of benzene rings is 1. The van der Waals surface area contributed by atoms with Crippen LogP contribution < -0.4 is 11.1 Å². The summed E-state index contributed by atoms with van der Waals surface area (Å²) in [4.78, 5) is 26.6. The molecule has 2 heterocycles. The van der Waals surface area contributed by atoms with E-state index >= 15 is 0 Å². The quantitative estimate of drug-likeness (QED) is 0.885. The van der Waals surface area contributed by atoms with Gasteiger partial charge in [-0.25, -0.2) is 0 Å². The highest BCUT2D eigenvalue weighted by atomic mass is 32.1. The number of anilines is 1. The van der Waals surface area contributed by atoms with Gasteiger partial charge in [-0.1, -0.05) is 12.1 Å². The van der Waals surface area contributed by atoms with Crippen LogP contribution in [0.2, 0.25) is 0 Å². The summed E-state index contributed by atoms with van der Waals surface area (Å²) in [6.45, 7) is 3.19. The van der Waals surface area contributed by atoms with E-state index < -0.39 is 5.91 Å². The lowest BCUT2D eigenvalue weighted by atomic mass is 10.2. The van der Waals surface area contributed by atoms with Gasteiger partial charge >= 0.3 is 0 Å². The summed E-state index contributed by atoms with van der Waals surface area (Å²) in [6, 6.07) is 11.1. The fraction of sp³-hybridized carbons (Fsp3) is 0.294. The molecule has 1 aliphatic rings. The second kappa shape index (κ2) is 6.93. The molecule has 2 aromatic rings. The Hall–Kier alpha value is -2.18. The van der Waals surface area contributed by atoms with Crippen LogP contribution in [-0.2, 0) is 6.54 Å². The Balaban J connectivity index is 1.66. The minimum Gasteiger partial charge on any atom is -0.365 e. The molecule has 6 heteroatoms. The molecule has 1 aromatic carbocycles. The van der Waals surface area contributed by atoms with E-state index in [2.05, 4.69) is 16.3 Å². The summed E-state index contributed by atoms with van der Waals surface area (Å²) < 4.78 is 0. The SMILES string of the molecule is NC(=O)c1ccc(C(=O)Nc2cccc(CN3CCCC3)c2)s1. The largest absolute Gasteiger partial charge is 0.365 e. The number of carbonyl (C=O) groups is 2. The van der Waals surface area contributed by atoms with Crippen molar-refractivity contribution in [3.05, 3.63) is 51.7 Å². The number of nitrogens with two attached hydrogens (primary N) is 1. The van der Waals surface area contributed by atoms with Crippen LogP contribution in [0.1, 0.15) is 37.7 Å². The highest BCUT2D eigenvalue weighted by Gasteiger charge is 2.14. The molecule has 2 amide bonds. The lowest BCUT2D eigenvalue weighted by Gasteiger charge is -2.15. The molecule has 3 N–H and O–H groups in total. The van der Waals surface area contributed by atoms with Crippen molar-refractivity contribution < 1.29 is 9.59 Å². The summed E-state index contributed by atoms with van der Waals surface area (Å²) in [5, 5.41) is 2.88. The van der Waals surface area contributed by atoms with Crippen molar-refractivity contribution in [3.63, 3.8) is 0 Å². The first-order valence-electron chi connectivity index (χ1n) is 7.64. The van der Waals surface area contributed by atoms with E-state index in [1.807, 2.05) is 18.2 Å². The second-order valence-corrected chi connectivity index (χ2v) is 6.75. The van der Waals surface area contributed by atoms with Gasteiger partial charge in [0.15, 0.2) is 0 Å². The van der Waals surface area contributed by atoms with Crippen molar-refractivity contribution in [1.82, 2.24) is 4.90 Å². The number of rotatable bonds is 5. The van der Waals surface area contributed by atoms with Crippen molar-refractivity contribution in [1.29, 1.82) is 0 Å². The van der Waals surface area contributed by atoms with Crippen LogP contribution in [0.15, 0.2) is 36.4 Å². The fourth-order valence-electron chi connectivity index (χ4n) is 2.73. The second-order valence-electron chi connectivity index (χ2n) is 5.67. The van der Waals surface area contributed by atoms with Crippen molar-refractivity contribution in [2.75, 3.05) is 18.4 Å². The lowest BCUT2D eigenvalue weighted by molar-refractivity contribution is 0.100. The van der Waals surface area contributed by atoms with Crippen LogP contribution in [0.25, 0.3) is 0 Å². The average molecular weight is 329 g/mol.